The lowest BCUT2D eigenvalue weighted by molar-refractivity contribution is -0.402. The topological polar surface area (TPSA) is 118 Å². The van der Waals surface area contributed by atoms with Crippen molar-refractivity contribution in [1.82, 2.24) is 15.5 Å². The number of carbonyl (C=O) groups excluding carboxylic acids is 2. The van der Waals surface area contributed by atoms with E-state index in [1.807, 2.05) is 0 Å². The van der Waals surface area contributed by atoms with Crippen molar-refractivity contribution in [1.29, 1.82) is 0 Å². The zero-order valence-electron chi connectivity index (χ0n) is 13.6. The summed E-state index contributed by atoms with van der Waals surface area (Å²) < 4.78 is 4.94. The highest BCUT2D eigenvalue weighted by molar-refractivity contribution is 5.96. The van der Waals surface area contributed by atoms with E-state index in [2.05, 4.69) is 17.6 Å². The third-order valence-electron chi connectivity index (χ3n) is 3.83. The van der Waals surface area contributed by atoms with Crippen LogP contribution in [0, 0.1) is 10.1 Å². The van der Waals surface area contributed by atoms with E-state index in [9.17, 15) is 19.7 Å². The average molecular weight is 338 g/mol. The third kappa shape index (κ3) is 4.31. The Morgan fingerprint density at radius 2 is 2.17 bits per heavy atom. The quantitative estimate of drug-likeness (QED) is 0.413. The molecule has 1 atom stereocenters. The summed E-state index contributed by atoms with van der Waals surface area (Å²) in [6.07, 6.45) is 2.30. The van der Waals surface area contributed by atoms with Crippen molar-refractivity contribution < 1.29 is 18.9 Å². The van der Waals surface area contributed by atoms with Crippen molar-refractivity contribution in [2.45, 2.75) is 32.2 Å². The molecule has 0 radical (unpaired) electrons. The van der Waals surface area contributed by atoms with Gasteiger partial charge < -0.3 is 20.0 Å². The lowest BCUT2D eigenvalue weighted by Crippen LogP contribution is -2.47. The Balaban J connectivity index is 1.92. The van der Waals surface area contributed by atoms with Crippen LogP contribution in [0.1, 0.15) is 36.7 Å². The molecule has 2 rings (SSSR count). The normalized spacial score (nSPS) is 17.0. The fourth-order valence-corrected chi connectivity index (χ4v) is 2.66. The van der Waals surface area contributed by atoms with Crippen LogP contribution in [0.2, 0.25) is 0 Å². The Morgan fingerprint density at radius 3 is 2.83 bits per heavy atom. The van der Waals surface area contributed by atoms with Gasteiger partial charge in [-0.2, -0.15) is 0 Å². The molecule has 0 aliphatic carbocycles. The minimum atomic E-state index is -0.700. The van der Waals surface area contributed by atoms with Gasteiger partial charge in [0.1, 0.15) is 11.0 Å². The second kappa shape index (κ2) is 8.44. The second-order valence-electron chi connectivity index (χ2n) is 5.59. The molecule has 1 unspecified atom stereocenters. The average Bonchev–Trinajstić information content (AvgIpc) is 3.23. The zero-order valence-corrected chi connectivity index (χ0v) is 13.6. The number of carbonyl (C=O) groups is 2. The van der Waals surface area contributed by atoms with E-state index in [0.29, 0.717) is 32.5 Å². The maximum absolute atomic E-state index is 12.4. The molecular formula is C15H22N4O5. The highest BCUT2D eigenvalue weighted by Crippen LogP contribution is 2.23. The molecule has 2 amide bonds. The van der Waals surface area contributed by atoms with Crippen LogP contribution in [-0.2, 0) is 4.79 Å². The van der Waals surface area contributed by atoms with E-state index in [1.165, 1.54) is 11.0 Å². The Morgan fingerprint density at radius 1 is 1.38 bits per heavy atom. The summed E-state index contributed by atoms with van der Waals surface area (Å²) in [5, 5.41) is 16.6. The first-order valence-electron chi connectivity index (χ1n) is 8.08. The van der Waals surface area contributed by atoms with Crippen LogP contribution in [-0.4, -0.2) is 53.9 Å². The van der Waals surface area contributed by atoms with E-state index >= 15 is 0 Å². The van der Waals surface area contributed by atoms with Gasteiger partial charge in [0.25, 0.3) is 5.91 Å². The van der Waals surface area contributed by atoms with Gasteiger partial charge >= 0.3 is 5.88 Å². The van der Waals surface area contributed by atoms with E-state index in [1.54, 1.807) is 0 Å². The molecule has 0 aromatic carbocycles. The molecule has 1 fully saturated rings. The number of likely N-dealkylation sites (tertiary alicyclic amines) is 1. The largest absolute Gasteiger partial charge is 0.433 e. The molecule has 1 aliphatic rings. The molecule has 0 saturated carbocycles. The monoisotopic (exact) mass is 338 g/mol. The third-order valence-corrected chi connectivity index (χ3v) is 3.83. The number of nitrogens with one attached hydrogen (secondary N) is 2. The number of nitro groups is 1. The Hall–Kier alpha value is -2.42. The van der Waals surface area contributed by atoms with Crippen molar-refractivity contribution >= 4 is 17.7 Å². The van der Waals surface area contributed by atoms with Crippen molar-refractivity contribution in [3.8, 4) is 0 Å². The zero-order chi connectivity index (χ0) is 17.5. The van der Waals surface area contributed by atoms with E-state index in [4.69, 9.17) is 4.42 Å². The van der Waals surface area contributed by atoms with Crippen LogP contribution in [0.5, 0.6) is 0 Å². The molecule has 1 saturated heterocycles. The van der Waals surface area contributed by atoms with Crippen molar-refractivity contribution in [2.75, 3.05) is 26.2 Å². The van der Waals surface area contributed by atoms with Crippen LogP contribution in [0.15, 0.2) is 16.5 Å². The first-order valence-corrected chi connectivity index (χ1v) is 8.08. The summed E-state index contributed by atoms with van der Waals surface area (Å²) in [6, 6.07) is 1.84. The van der Waals surface area contributed by atoms with E-state index in [-0.39, 0.29) is 11.7 Å². The number of furan rings is 1. The van der Waals surface area contributed by atoms with E-state index in [0.717, 1.165) is 19.0 Å². The van der Waals surface area contributed by atoms with Gasteiger partial charge in [0.05, 0.1) is 6.07 Å². The van der Waals surface area contributed by atoms with Crippen LogP contribution < -0.4 is 10.6 Å². The summed E-state index contributed by atoms with van der Waals surface area (Å²) >= 11 is 0. The molecule has 2 N–H and O–H groups in total. The van der Waals surface area contributed by atoms with E-state index < -0.39 is 22.8 Å². The molecule has 0 spiro atoms. The van der Waals surface area contributed by atoms with Crippen molar-refractivity contribution in [3.63, 3.8) is 0 Å². The molecule has 9 nitrogen and oxygen atoms in total. The van der Waals surface area contributed by atoms with Gasteiger partial charge in [0.2, 0.25) is 5.91 Å². The van der Waals surface area contributed by atoms with Crippen LogP contribution in [0.3, 0.4) is 0 Å². The van der Waals surface area contributed by atoms with Crippen molar-refractivity contribution in [3.05, 3.63) is 28.0 Å². The van der Waals surface area contributed by atoms with Gasteiger partial charge in [0.15, 0.2) is 5.76 Å². The van der Waals surface area contributed by atoms with Gasteiger partial charge in [-0.3, -0.25) is 19.7 Å². The minimum Gasteiger partial charge on any atom is -0.395 e. The first kappa shape index (κ1) is 17.9. The molecule has 24 heavy (non-hydrogen) atoms. The van der Waals surface area contributed by atoms with Crippen LogP contribution in [0.4, 0.5) is 5.88 Å². The molecule has 2 heterocycles. The summed E-state index contributed by atoms with van der Waals surface area (Å²) in [5.41, 5.74) is 0. The highest BCUT2D eigenvalue weighted by atomic mass is 16.6. The van der Waals surface area contributed by atoms with Gasteiger partial charge in [-0.1, -0.05) is 6.92 Å². The second-order valence-corrected chi connectivity index (χ2v) is 5.59. The maximum Gasteiger partial charge on any atom is 0.433 e. The van der Waals surface area contributed by atoms with Gasteiger partial charge in [-0.25, -0.2) is 0 Å². The van der Waals surface area contributed by atoms with Gasteiger partial charge in [-0.05, 0) is 31.9 Å². The Labute approximate surface area is 139 Å². The predicted octanol–water partition coefficient (Wildman–Crippen LogP) is 0.908. The standard InChI is InChI=1S/C15H22N4O5/c1-2-7-16-8-9-17-14(20)11-4-3-10-18(11)15(21)12-5-6-13(24-12)19(22)23/h5-6,11,16H,2-4,7-10H2,1H3,(H,17,20). The fraction of sp³-hybridized carbons (Fsp3) is 0.600. The summed E-state index contributed by atoms with van der Waals surface area (Å²) in [6.45, 7) is 4.54. The highest BCUT2D eigenvalue weighted by Gasteiger charge is 2.36. The van der Waals surface area contributed by atoms with Crippen LogP contribution >= 0.6 is 0 Å². The predicted molar refractivity (Wildman–Crippen MR) is 85.6 cm³/mol. The number of nitrogens with zero attached hydrogens (tertiary/aromatic N) is 2. The molecule has 1 aromatic heterocycles. The maximum atomic E-state index is 12.4. The first-order chi connectivity index (χ1) is 11.5. The van der Waals surface area contributed by atoms with Gasteiger partial charge in [0, 0.05) is 19.6 Å². The fourth-order valence-electron chi connectivity index (χ4n) is 2.66. The molecule has 1 aromatic rings. The number of rotatable bonds is 8. The Kier molecular flexibility index (Phi) is 6.30. The number of amides is 2. The smallest absolute Gasteiger partial charge is 0.395 e. The number of hydrogen-bond donors (Lipinski definition) is 2. The number of hydrogen-bond acceptors (Lipinski definition) is 6. The molecule has 0 bridgehead atoms. The lowest BCUT2D eigenvalue weighted by Gasteiger charge is -2.22. The van der Waals surface area contributed by atoms with Crippen molar-refractivity contribution in [2.24, 2.45) is 0 Å². The summed E-state index contributed by atoms with van der Waals surface area (Å²) in [5.74, 6) is -1.31. The minimum absolute atomic E-state index is 0.119. The molecular weight excluding hydrogens is 316 g/mol. The Bertz CT molecular complexity index is 600. The SMILES string of the molecule is CCCNCCNC(=O)C1CCCN1C(=O)c1ccc([N+](=O)[O-])o1. The lowest BCUT2D eigenvalue weighted by atomic mass is 10.2. The molecule has 1 aliphatic heterocycles. The van der Waals surface area contributed by atoms with Crippen LogP contribution in [0.25, 0.3) is 0 Å². The molecule has 9 heteroatoms. The molecule has 132 valence electrons. The summed E-state index contributed by atoms with van der Waals surface area (Å²) in [4.78, 5) is 36.1. The summed E-state index contributed by atoms with van der Waals surface area (Å²) in [7, 11) is 0. The van der Waals surface area contributed by atoms with Gasteiger partial charge in [-0.15, -0.1) is 0 Å².